The fourth-order valence-corrected chi connectivity index (χ4v) is 0.780. The highest BCUT2D eigenvalue weighted by Crippen LogP contribution is 2.07. The van der Waals surface area contributed by atoms with Gasteiger partial charge in [0.05, 0.1) is 6.54 Å². The molecule has 17 heavy (non-hydrogen) atoms. The van der Waals surface area contributed by atoms with Gasteiger partial charge < -0.3 is 10.8 Å². The average molecular weight is 239 g/mol. The molecule has 0 aliphatic heterocycles. The molecule has 0 aliphatic rings. The molecule has 0 aliphatic carbocycles. The highest BCUT2D eigenvalue weighted by Gasteiger charge is 2.01. The summed E-state index contributed by atoms with van der Waals surface area (Å²) in [5.74, 6) is 0.556. The number of aryl methyl sites for hydroxylation is 1. The Morgan fingerprint density at radius 1 is 1.24 bits per heavy atom. The van der Waals surface area contributed by atoms with Crippen molar-refractivity contribution in [2.45, 2.75) is 34.6 Å². The topological polar surface area (TPSA) is 63.3 Å². The van der Waals surface area contributed by atoms with E-state index >= 15 is 0 Å². The van der Waals surface area contributed by atoms with Crippen LogP contribution in [0.1, 0.15) is 33.3 Å². The molecule has 1 aromatic rings. The molecule has 3 heteroatoms. The molecule has 0 unspecified atom stereocenters. The van der Waals surface area contributed by atoms with E-state index in [4.69, 9.17) is 10.8 Å². The molecule has 1 aromatic carbocycles. The molecule has 0 aromatic heterocycles. The van der Waals surface area contributed by atoms with Crippen molar-refractivity contribution in [3.63, 3.8) is 0 Å². The van der Waals surface area contributed by atoms with E-state index in [-0.39, 0.29) is 18.2 Å². The number of benzene rings is 1. The number of aromatic hydroxyl groups is 1. The van der Waals surface area contributed by atoms with Crippen LogP contribution in [0.15, 0.2) is 24.3 Å². The molecule has 0 bridgehead atoms. The van der Waals surface area contributed by atoms with Gasteiger partial charge in [-0.3, -0.25) is 4.79 Å². The summed E-state index contributed by atoms with van der Waals surface area (Å²) in [5.41, 5.74) is 6.19. The van der Waals surface area contributed by atoms with Crippen LogP contribution in [0.4, 0.5) is 0 Å². The third-order valence-electron chi connectivity index (χ3n) is 1.88. The summed E-state index contributed by atoms with van der Waals surface area (Å²) < 4.78 is 0. The van der Waals surface area contributed by atoms with E-state index in [0.717, 1.165) is 0 Å². The number of rotatable bonds is 2. The first-order chi connectivity index (χ1) is 7.97. The molecular weight excluding hydrogens is 214 g/mol. The minimum absolute atomic E-state index is 0.102. The number of carbonyl (C=O) groups excluding carboxylic acids is 1. The first-order valence-corrected chi connectivity index (χ1v) is 5.95. The van der Waals surface area contributed by atoms with Crippen molar-refractivity contribution in [1.29, 1.82) is 0 Å². The lowest BCUT2D eigenvalue weighted by Crippen LogP contribution is -2.18. The minimum Gasteiger partial charge on any atom is -0.508 e. The fraction of sp³-hybridized carbons (Fsp3) is 0.500. The number of Topliss-reactive ketones (excluding diaryl/α,β-unsaturated/α-hetero) is 1. The molecule has 0 heterocycles. The summed E-state index contributed by atoms with van der Waals surface area (Å²) in [6, 6.07) is 7.09. The Labute approximate surface area is 105 Å². The van der Waals surface area contributed by atoms with Crippen molar-refractivity contribution in [2.75, 3.05) is 6.54 Å². The third kappa shape index (κ3) is 10.9. The first-order valence-electron chi connectivity index (χ1n) is 5.95. The SMILES string of the molecule is CC.CC(C)C(=O)CN.Cc1ccc(O)cc1. The highest BCUT2D eigenvalue weighted by atomic mass is 16.3. The van der Waals surface area contributed by atoms with Crippen molar-refractivity contribution < 1.29 is 9.90 Å². The van der Waals surface area contributed by atoms with Gasteiger partial charge in [0.25, 0.3) is 0 Å². The molecule has 0 amide bonds. The predicted octanol–water partition coefficient (Wildman–Crippen LogP) is 2.90. The van der Waals surface area contributed by atoms with Gasteiger partial charge in [0.2, 0.25) is 0 Å². The molecule has 0 saturated heterocycles. The number of phenols is 1. The third-order valence-corrected chi connectivity index (χ3v) is 1.88. The normalized spacial score (nSPS) is 8.65. The van der Waals surface area contributed by atoms with Gasteiger partial charge in [0, 0.05) is 5.92 Å². The van der Waals surface area contributed by atoms with E-state index < -0.39 is 0 Å². The van der Waals surface area contributed by atoms with Gasteiger partial charge in [-0.2, -0.15) is 0 Å². The maximum absolute atomic E-state index is 10.4. The zero-order chi connectivity index (χ0) is 13.8. The van der Waals surface area contributed by atoms with Crippen LogP contribution in [0.2, 0.25) is 0 Å². The zero-order valence-corrected chi connectivity index (χ0v) is 11.5. The zero-order valence-electron chi connectivity index (χ0n) is 11.5. The fourth-order valence-electron chi connectivity index (χ4n) is 0.780. The van der Waals surface area contributed by atoms with Gasteiger partial charge in [-0.15, -0.1) is 0 Å². The monoisotopic (exact) mass is 239 g/mol. The molecular formula is C14H25NO2. The lowest BCUT2D eigenvalue weighted by molar-refractivity contribution is -0.120. The number of hydrogen-bond donors (Lipinski definition) is 2. The largest absolute Gasteiger partial charge is 0.508 e. The molecule has 0 spiro atoms. The van der Waals surface area contributed by atoms with Gasteiger partial charge in [0.15, 0.2) is 0 Å². The van der Waals surface area contributed by atoms with E-state index in [1.807, 2.05) is 46.8 Å². The van der Waals surface area contributed by atoms with Gasteiger partial charge in [0.1, 0.15) is 11.5 Å². The second-order valence-electron chi connectivity index (χ2n) is 3.66. The predicted molar refractivity (Wildman–Crippen MR) is 73.1 cm³/mol. The van der Waals surface area contributed by atoms with E-state index in [1.165, 1.54) is 5.56 Å². The Balaban J connectivity index is 0. The molecule has 0 saturated carbocycles. The van der Waals surface area contributed by atoms with Gasteiger partial charge >= 0.3 is 0 Å². The lowest BCUT2D eigenvalue weighted by atomic mass is 10.1. The molecule has 0 fully saturated rings. The van der Waals surface area contributed by atoms with Crippen molar-refractivity contribution >= 4 is 5.78 Å². The van der Waals surface area contributed by atoms with E-state index in [1.54, 1.807) is 12.1 Å². The molecule has 98 valence electrons. The van der Waals surface area contributed by atoms with Crippen LogP contribution in [-0.2, 0) is 4.79 Å². The molecule has 0 radical (unpaired) electrons. The average Bonchev–Trinajstić information content (AvgIpc) is 2.35. The number of carbonyl (C=O) groups is 1. The number of nitrogens with two attached hydrogens (primary N) is 1. The number of hydrogen-bond acceptors (Lipinski definition) is 3. The van der Waals surface area contributed by atoms with Crippen LogP contribution >= 0.6 is 0 Å². The van der Waals surface area contributed by atoms with E-state index in [9.17, 15) is 4.79 Å². The Morgan fingerprint density at radius 2 is 1.65 bits per heavy atom. The minimum atomic E-state index is 0.102. The van der Waals surface area contributed by atoms with Crippen molar-refractivity contribution in [2.24, 2.45) is 11.7 Å². The molecule has 3 N–H and O–H groups in total. The van der Waals surface area contributed by atoms with Crippen LogP contribution in [-0.4, -0.2) is 17.4 Å². The second kappa shape index (κ2) is 11.1. The quantitative estimate of drug-likeness (QED) is 0.834. The summed E-state index contributed by atoms with van der Waals surface area (Å²) in [6.07, 6.45) is 0. The lowest BCUT2D eigenvalue weighted by Gasteiger charge is -1.96. The molecule has 1 rings (SSSR count). The smallest absolute Gasteiger partial charge is 0.148 e. The summed E-state index contributed by atoms with van der Waals surface area (Å²) in [7, 11) is 0. The summed E-state index contributed by atoms with van der Waals surface area (Å²) in [6.45, 7) is 9.85. The van der Waals surface area contributed by atoms with Gasteiger partial charge in [-0.25, -0.2) is 0 Å². The maximum Gasteiger partial charge on any atom is 0.148 e. The van der Waals surface area contributed by atoms with E-state index in [0.29, 0.717) is 5.75 Å². The Bertz CT molecular complexity index is 271. The number of ketones is 1. The Hall–Kier alpha value is -1.35. The van der Waals surface area contributed by atoms with Gasteiger partial charge in [-0.1, -0.05) is 45.4 Å². The van der Waals surface area contributed by atoms with Crippen molar-refractivity contribution in [3.8, 4) is 5.75 Å². The summed E-state index contributed by atoms with van der Waals surface area (Å²) >= 11 is 0. The van der Waals surface area contributed by atoms with Crippen LogP contribution in [0, 0.1) is 12.8 Å². The van der Waals surface area contributed by atoms with Crippen molar-refractivity contribution in [1.82, 2.24) is 0 Å². The van der Waals surface area contributed by atoms with Gasteiger partial charge in [-0.05, 0) is 19.1 Å². The summed E-state index contributed by atoms with van der Waals surface area (Å²) in [4.78, 5) is 10.4. The first kappa shape index (κ1) is 18.0. The van der Waals surface area contributed by atoms with Crippen LogP contribution < -0.4 is 5.73 Å². The molecule has 0 atom stereocenters. The van der Waals surface area contributed by atoms with Crippen LogP contribution in [0.25, 0.3) is 0 Å². The van der Waals surface area contributed by atoms with E-state index in [2.05, 4.69) is 0 Å². The molecule has 3 nitrogen and oxygen atoms in total. The standard InChI is InChI=1S/C7H8O.C5H11NO.C2H6/c1-6-2-4-7(8)5-3-6;1-4(2)5(7)3-6;1-2/h2-5,8H,1H3;4H,3,6H2,1-2H3;1-2H3. The number of phenolic OH excluding ortho intramolecular Hbond substituents is 1. The maximum atomic E-state index is 10.4. The summed E-state index contributed by atoms with van der Waals surface area (Å²) in [5, 5.41) is 8.76. The highest BCUT2D eigenvalue weighted by molar-refractivity contribution is 5.81. The van der Waals surface area contributed by atoms with Crippen molar-refractivity contribution in [3.05, 3.63) is 29.8 Å². The Kier molecular flexibility index (Phi) is 11.8. The Morgan fingerprint density at radius 3 is 1.82 bits per heavy atom. The van der Waals surface area contributed by atoms with Crippen LogP contribution in [0.5, 0.6) is 5.75 Å². The second-order valence-corrected chi connectivity index (χ2v) is 3.66. The van der Waals surface area contributed by atoms with Crippen LogP contribution in [0.3, 0.4) is 0 Å².